The maximum atomic E-state index is 12.2. The van der Waals surface area contributed by atoms with Gasteiger partial charge in [-0.25, -0.2) is 0 Å². The summed E-state index contributed by atoms with van der Waals surface area (Å²) in [6.07, 6.45) is 2.37. The smallest absolute Gasteiger partial charge is 0.240 e. The summed E-state index contributed by atoms with van der Waals surface area (Å²) >= 11 is 1.92. The maximum Gasteiger partial charge on any atom is 0.240 e. The number of amides is 1. The van der Waals surface area contributed by atoms with E-state index in [1.54, 1.807) is 0 Å². The highest BCUT2D eigenvalue weighted by atomic mass is 32.2. The summed E-state index contributed by atoms with van der Waals surface area (Å²) in [5, 5.41) is 6.30. The largest absolute Gasteiger partial charge is 0.357 e. The highest BCUT2D eigenvalue weighted by Crippen LogP contribution is 2.51. The lowest BCUT2D eigenvalue weighted by molar-refractivity contribution is -0.122. The van der Waals surface area contributed by atoms with Gasteiger partial charge in [0, 0.05) is 28.8 Å². The Bertz CT molecular complexity index is 620. The summed E-state index contributed by atoms with van der Waals surface area (Å²) in [7, 11) is 1.91. The molecule has 144 valence electrons. The molecule has 0 saturated heterocycles. The third kappa shape index (κ3) is 6.90. The number of carbonyl (C=O) groups is 1. The van der Waals surface area contributed by atoms with Gasteiger partial charge >= 0.3 is 0 Å². The van der Waals surface area contributed by atoms with Crippen LogP contribution in [0.4, 0.5) is 0 Å². The van der Waals surface area contributed by atoms with Crippen LogP contribution in [-0.4, -0.2) is 53.7 Å². The van der Waals surface area contributed by atoms with E-state index in [2.05, 4.69) is 34.9 Å². The molecule has 0 bridgehead atoms. The van der Waals surface area contributed by atoms with Crippen molar-refractivity contribution < 1.29 is 4.79 Å². The zero-order valence-electron chi connectivity index (χ0n) is 16.6. The van der Waals surface area contributed by atoms with Gasteiger partial charge in [0.25, 0.3) is 0 Å². The topological polar surface area (TPSA) is 56.7 Å². The minimum absolute atomic E-state index is 0.00500. The van der Waals surface area contributed by atoms with Gasteiger partial charge in [-0.3, -0.25) is 9.79 Å². The van der Waals surface area contributed by atoms with E-state index in [9.17, 15) is 4.79 Å². The summed E-state index contributed by atoms with van der Waals surface area (Å²) in [6.45, 7) is 9.85. The number of aliphatic imine (C=N–C) groups is 1. The molecule has 1 fully saturated rings. The molecule has 2 rings (SSSR count). The van der Waals surface area contributed by atoms with Crippen molar-refractivity contribution in [2.45, 2.75) is 55.7 Å². The van der Waals surface area contributed by atoms with Gasteiger partial charge < -0.3 is 15.5 Å². The average Bonchev–Trinajstić information content (AvgIpc) is 3.30. The molecule has 5 nitrogen and oxygen atoms in total. The van der Waals surface area contributed by atoms with Gasteiger partial charge in [-0.15, -0.1) is 11.8 Å². The number of hydrogen-bond donors (Lipinski definition) is 2. The van der Waals surface area contributed by atoms with E-state index < -0.39 is 0 Å². The Morgan fingerprint density at radius 3 is 2.46 bits per heavy atom. The first-order valence-electron chi connectivity index (χ1n) is 9.27. The molecule has 0 aliphatic heterocycles. The first-order valence-corrected chi connectivity index (χ1v) is 10.1. The molecule has 0 atom stereocenters. The van der Waals surface area contributed by atoms with Gasteiger partial charge in [-0.1, -0.05) is 18.2 Å². The van der Waals surface area contributed by atoms with Gasteiger partial charge in [0.1, 0.15) is 0 Å². The van der Waals surface area contributed by atoms with Crippen LogP contribution in [0, 0.1) is 0 Å². The normalized spacial score (nSPS) is 16.1. The number of thioether (sulfide) groups is 1. The zero-order valence-corrected chi connectivity index (χ0v) is 17.4. The van der Waals surface area contributed by atoms with Crippen LogP contribution in [0.15, 0.2) is 40.2 Å². The molecule has 6 heteroatoms. The van der Waals surface area contributed by atoms with Gasteiger partial charge in [0.2, 0.25) is 5.91 Å². The molecule has 2 N–H and O–H groups in total. The van der Waals surface area contributed by atoms with Crippen molar-refractivity contribution in [3.63, 3.8) is 0 Å². The second-order valence-corrected chi connectivity index (χ2v) is 9.46. The average molecular weight is 377 g/mol. The molecule has 1 saturated carbocycles. The van der Waals surface area contributed by atoms with E-state index in [0.29, 0.717) is 6.54 Å². The Kier molecular flexibility index (Phi) is 6.98. The SMILES string of the molecule is CCNC(=NCC1(Sc2ccccc2)CC1)N(C)CC(=O)NC(C)(C)C. The van der Waals surface area contributed by atoms with E-state index in [1.165, 1.54) is 17.7 Å². The molecule has 1 amide bonds. The molecular weight excluding hydrogens is 344 g/mol. The zero-order chi connectivity index (χ0) is 19.2. The number of rotatable bonds is 7. The van der Waals surface area contributed by atoms with Crippen molar-refractivity contribution in [1.29, 1.82) is 0 Å². The Morgan fingerprint density at radius 2 is 1.92 bits per heavy atom. The number of benzene rings is 1. The van der Waals surface area contributed by atoms with Crippen LogP contribution >= 0.6 is 11.8 Å². The Labute approximate surface area is 162 Å². The van der Waals surface area contributed by atoms with Crippen molar-refractivity contribution in [3.05, 3.63) is 30.3 Å². The van der Waals surface area contributed by atoms with Crippen LogP contribution in [0.1, 0.15) is 40.5 Å². The Hall–Kier alpha value is -1.69. The van der Waals surface area contributed by atoms with E-state index in [1.807, 2.05) is 57.5 Å². The summed E-state index contributed by atoms with van der Waals surface area (Å²) in [5.74, 6) is 0.793. The summed E-state index contributed by atoms with van der Waals surface area (Å²) in [6, 6.07) is 10.5. The standard InChI is InChI=1S/C20H32N4OS/c1-6-21-18(24(5)14-17(25)23-19(2,3)4)22-15-20(12-13-20)26-16-10-8-7-9-11-16/h7-11H,6,12-15H2,1-5H3,(H,21,22)(H,23,25). The van der Waals surface area contributed by atoms with E-state index in [-0.39, 0.29) is 16.2 Å². The fourth-order valence-electron chi connectivity index (χ4n) is 2.61. The van der Waals surface area contributed by atoms with Crippen LogP contribution in [-0.2, 0) is 4.79 Å². The number of carbonyl (C=O) groups excluding carboxylic acids is 1. The number of guanidine groups is 1. The number of hydrogen-bond acceptors (Lipinski definition) is 3. The van der Waals surface area contributed by atoms with E-state index in [0.717, 1.165) is 19.0 Å². The molecule has 0 unspecified atom stereocenters. The lowest BCUT2D eigenvalue weighted by Crippen LogP contribution is -2.49. The molecule has 0 heterocycles. The first kappa shape index (κ1) is 20.6. The molecular formula is C20H32N4OS. The monoisotopic (exact) mass is 376 g/mol. The van der Waals surface area contributed by atoms with Crippen LogP contribution in [0.3, 0.4) is 0 Å². The minimum atomic E-state index is -0.224. The van der Waals surface area contributed by atoms with Crippen molar-refractivity contribution in [3.8, 4) is 0 Å². The highest BCUT2D eigenvalue weighted by molar-refractivity contribution is 8.01. The van der Waals surface area contributed by atoms with Crippen molar-refractivity contribution >= 4 is 23.6 Å². The molecule has 1 aromatic rings. The highest BCUT2D eigenvalue weighted by Gasteiger charge is 2.43. The van der Waals surface area contributed by atoms with Crippen LogP contribution in [0.25, 0.3) is 0 Å². The lowest BCUT2D eigenvalue weighted by Gasteiger charge is -2.26. The van der Waals surface area contributed by atoms with Crippen LogP contribution in [0.5, 0.6) is 0 Å². The quantitative estimate of drug-likeness (QED) is 0.567. The summed E-state index contributed by atoms with van der Waals surface area (Å²) < 4.78 is 0.205. The van der Waals surface area contributed by atoms with Crippen molar-refractivity contribution in [2.75, 3.05) is 26.7 Å². The number of likely N-dealkylation sites (N-methyl/N-ethyl adjacent to an activating group) is 1. The predicted octanol–water partition coefficient (Wildman–Crippen LogP) is 3.12. The Morgan fingerprint density at radius 1 is 1.27 bits per heavy atom. The molecule has 0 spiro atoms. The fourth-order valence-corrected chi connectivity index (χ4v) is 3.84. The predicted molar refractivity (Wildman–Crippen MR) is 111 cm³/mol. The van der Waals surface area contributed by atoms with Crippen molar-refractivity contribution in [2.24, 2.45) is 4.99 Å². The van der Waals surface area contributed by atoms with Crippen LogP contribution < -0.4 is 10.6 Å². The van der Waals surface area contributed by atoms with Gasteiger partial charge in [0.05, 0.1) is 13.1 Å². The van der Waals surface area contributed by atoms with E-state index in [4.69, 9.17) is 4.99 Å². The molecule has 1 aliphatic rings. The lowest BCUT2D eigenvalue weighted by atomic mass is 10.1. The minimum Gasteiger partial charge on any atom is -0.357 e. The summed E-state index contributed by atoms with van der Waals surface area (Å²) in [5.41, 5.74) is -0.224. The van der Waals surface area contributed by atoms with Gasteiger partial charge in [0.15, 0.2) is 5.96 Å². The van der Waals surface area contributed by atoms with Crippen LogP contribution in [0.2, 0.25) is 0 Å². The molecule has 1 aliphatic carbocycles. The van der Waals surface area contributed by atoms with E-state index >= 15 is 0 Å². The van der Waals surface area contributed by atoms with Crippen molar-refractivity contribution in [1.82, 2.24) is 15.5 Å². The molecule has 0 radical (unpaired) electrons. The maximum absolute atomic E-state index is 12.2. The number of nitrogens with one attached hydrogen (secondary N) is 2. The Balaban J connectivity index is 1.96. The second-order valence-electron chi connectivity index (χ2n) is 7.92. The first-order chi connectivity index (χ1) is 12.2. The summed E-state index contributed by atoms with van der Waals surface area (Å²) in [4.78, 5) is 20.2. The number of nitrogens with zero attached hydrogens (tertiary/aromatic N) is 2. The molecule has 0 aromatic heterocycles. The van der Waals surface area contributed by atoms with Gasteiger partial charge in [-0.05, 0) is 52.7 Å². The third-order valence-corrected chi connectivity index (χ3v) is 5.47. The molecule has 26 heavy (non-hydrogen) atoms. The van der Waals surface area contributed by atoms with Gasteiger partial charge in [-0.2, -0.15) is 0 Å². The second kappa shape index (κ2) is 8.80. The third-order valence-electron chi connectivity index (χ3n) is 3.99. The molecule has 1 aromatic carbocycles. The fraction of sp³-hybridized carbons (Fsp3) is 0.600.